The smallest absolute Gasteiger partial charge is 0.387 e. The first-order valence-electron chi connectivity index (χ1n) is 6.54. The van der Waals surface area contributed by atoms with Gasteiger partial charge in [0, 0.05) is 19.1 Å². The SMILES string of the molecule is CN(Cc1ccc(OC(F)F)cc1)C(CN)C1CC1. The van der Waals surface area contributed by atoms with Crippen molar-refractivity contribution in [2.45, 2.75) is 32.0 Å². The van der Waals surface area contributed by atoms with Gasteiger partial charge < -0.3 is 10.5 Å². The van der Waals surface area contributed by atoms with E-state index in [1.165, 1.54) is 12.8 Å². The molecule has 3 nitrogen and oxygen atoms in total. The summed E-state index contributed by atoms with van der Waals surface area (Å²) in [5.74, 6) is 0.912. The molecule has 2 N–H and O–H groups in total. The molecule has 2 rings (SSSR count). The quantitative estimate of drug-likeness (QED) is 0.827. The van der Waals surface area contributed by atoms with Gasteiger partial charge in [0.1, 0.15) is 5.75 Å². The number of hydrogen-bond acceptors (Lipinski definition) is 3. The number of nitrogens with zero attached hydrogens (tertiary/aromatic N) is 1. The summed E-state index contributed by atoms with van der Waals surface area (Å²) in [4.78, 5) is 2.24. The lowest BCUT2D eigenvalue weighted by Gasteiger charge is -2.27. The van der Waals surface area contributed by atoms with E-state index < -0.39 is 6.61 Å². The Kier molecular flexibility index (Phi) is 4.71. The molecular weight excluding hydrogens is 250 g/mol. The van der Waals surface area contributed by atoms with E-state index >= 15 is 0 Å². The molecule has 1 aromatic carbocycles. The van der Waals surface area contributed by atoms with Crippen molar-refractivity contribution in [1.82, 2.24) is 4.90 Å². The van der Waals surface area contributed by atoms with Gasteiger partial charge >= 0.3 is 6.61 Å². The second kappa shape index (κ2) is 6.30. The van der Waals surface area contributed by atoms with Gasteiger partial charge in [0.15, 0.2) is 0 Å². The fraction of sp³-hybridized carbons (Fsp3) is 0.571. The van der Waals surface area contributed by atoms with Gasteiger partial charge in [-0.05, 0) is 43.5 Å². The second-order valence-corrected chi connectivity index (χ2v) is 5.08. The van der Waals surface area contributed by atoms with Gasteiger partial charge in [0.2, 0.25) is 0 Å². The van der Waals surface area contributed by atoms with Crippen LogP contribution in [0.4, 0.5) is 8.78 Å². The molecule has 0 aromatic heterocycles. The van der Waals surface area contributed by atoms with Crippen LogP contribution in [0.1, 0.15) is 18.4 Å². The molecule has 19 heavy (non-hydrogen) atoms. The molecule has 1 aliphatic rings. The Morgan fingerprint density at radius 2 is 1.95 bits per heavy atom. The number of benzene rings is 1. The number of halogens is 2. The first-order valence-corrected chi connectivity index (χ1v) is 6.54. The Balaban J connectivity index is 1.91. The fourth-order valence-corrected chi connectivity index (χ4v) is 2.39. The molecule has 5 heteroatoms. The molecule has 106 valence electrons. The molecule has 1 saturated carbocycles. The third-order valence-electron chi connectivity index (χ3n) is 3.55. The maximum Gasteiger partial charge on any atom is 0.387 e. The Morgan fingerprint density at radius 1 is 1.32 bits per heavy atom. The van der Waals surface area contributed by atoms with Gasteiger partial charge in [-0.2, -0.15) is 8.78 Å². The number of rotatable bonds is 7. The van der Waals surface area contributed by atoms with E-state index in [2.05, 4.69) is 16.7 Å². The summed E-state index contributed by atoms with van der Waals surface area (Å²) in [7, 11) is 2.05. The molecule has 1 fully saturated rings. The van der Waals surface area contributed by atoms with Crippen molar-refractivity contribution in [2.75, 3.05) is 13.6 Å². The predicted molar refractivity (Wildman–Crippen MR) is 70.1 cm³/mol. The third-order valence-corrected chi connectivity index (χ3v) is 3.55. The minimum atomic E-state index is -2.77. The van der Waals surface area contributed by atoms with Crippen LogP contribution in [0.2, 0.25) is 0 Å². The summed E-state index contributed by atoms with van der Waals surface area (Å²) in [5.41, 5.74) is 6.87. The molecule has 0 aliphatic heterocycles. The summed E-state index contributed by atoms with van der Waals surface area (Å²) in [6.45, 7) is -1.34. The Labute approximate surface area is 112 Å². The fourth-order valence-electron chi connectivity index (χ4n) is 2.39. The van der Waals surface area contributed by atoms with E-state index in [9.17, 15) is 8.78 Å². The van der Waals surface area contributed by atoms with E-state index in [0.29, 0.717) is 12.6 Å². The van der Waals surface area contributed by atoms with Gasteiger partial charge in [0.05, 0.1) is 0 Å². The van der Waals surface area contributed by atoms with Gasteiger partial charge in [0.25, 0.3) is 0 Å². The van der Waals surface area contributed by atoms with E-state index in [1.54, 1.807) is 12.1 Å². The van der Waals surface area contributed by atoms with Crippen molar-refractivity contribution >= 4 is 0 Å². The van der Waals surface area contributed by atoms with Crippen LogP contribution >= 0.6 is 0 Å². The first kappa shape index (κ1) is 14.2. The van der Waals surface area contributed by atoms with Crippen LogP contribution in [0.15, 0.2) is 24.3 Å². The van der Waals surface area contributed by atoms with E-state index in [1.807, 2.05) is 12.1 Å². The maximum absolute atomic E-state index is 12.0. The highest BCUT2D eigenvalue weighted by Crippen LogP contribution is 2.35. The molecule has 1 aliphatic carbocycles. The molecule has 0 saturated heterocycles. The van der Waals surface area contributed by atoms with Crippen molar-refractivity contribution in [3.05, 3.63) is 29.8 Å². The Morgan fingerprint density at radius 3 is 2.42 bits per heavy atom. The number of hydrogen-bond donors (Lipinski definition) is 1. The largest absolute Gasteiger partial charge is 0.435 e. The average Bonchev–Trinajstić information content (AvgIpc) is 3.16. The summed E-state index contributed by atoms with van der Waals surface area (Å²) in [6, 6.07) is 7.19. The predicted octanol–water partition coefficient (Wildman–Crippen LogP) is 2.46. The molecule has 0 heterocycles. The van der Waals surface area contributed by atoms with E-state index in [0.717, 1.165) is 18.0 Å². The molecule has 0 radical (unpaired) electrons. The summed E-state index contributed by atoms with van der Waals surface area (Å²) in [5, 5.41) is 0. The normalized spacial score (nSPS) is 16.9. The standard InChI is InChI=1S/C14H20F2N2O/c1-18(13(8-17)11-4-5-11)9-10-2-6-12(7-3-10)19-14(15)16/h2-3,6-7,11,13-14H,4-5,8-9,17H2,1H3. The van der Waals surface area contributed by atoms with Crippen molar-refractivity contribution in [1.29, 1.82) is 0 Å². The van der Waals surface area contributed by atoms with Gasteiger partial charge in [-0.1, -0.05) is 12.1 Å². The first-order chi connectivity index (χ1) is 9.10. The molecule has 1 atom stereocenters. The van der Waals surface area contributed by atoms with Crippen molar-refractivity contribution < 1.29 is 13.5 Å². The van der Waals surface area contributed by atoms with E-state index in [4.69, 9.17) is 5.73 Å². The van der Waals surface area contributed by atoms with Crippen LogP contribution in [0.5, 0.6) is 5.75 Å². The molecule has 1 unspecified atom stereocenters. The third kappa shape index (κ3) is 4.14. The van der Waals surface area contributed by atoms with Gasteiger partial charge in [-0.25, -0.2) is 0 Å². The highest BCUT2D eigenvalue weighted by molar-refractivity contribution is 5.27. The minimum Gasteiger partial charge on any atom is -0.435 e. The van der Waals surface area contributed by atoms with Crippen molar-refractivity contribution in [3.63, 3.8) is 0 Å². The highest BCUT2D eigenvalue weighted by Gasteiger charge is 2.32. The number of alkyl halides is 2. The van der Waals surface area contributed by atoms with Crippen LogP contribution in [-0.2, 0) is 6.54 Å². The van der Waals surface area contributed by atoms with E-state index in [-0.39, 0.29) is 5.75 Å². The molecule has 0 bridgehead atoms. The zero-order valence-electron chi connectivity index (χ0n) is 11.1. The summed E-state index contributed by atoms with van der Waals surface area (Å²) in [6.07, 6.45) is 2.51. The zero-order chi connectivity index (χ0) is 13.8. The second-order valence-electron chi connectivity index (χ2n) is 5.08. The van der Waals surface area contributed by atoms with Crippen LogP contribution in [-0.4, -0.2) is 31.1 Å². The molecular formula is C14H20F2N2O. The Bertz CT molecular complexity index is 393. The molecule has 0 amide bonds. The van der Waals surface area contributed by atoms with Crippen molar-refractivity contribution in [2.24, 2.45) is 11.7 Å². The Hall–Kier alpha value is -1.20. The highest BCUT2D eigenvalue weighted by atomic mass is 19.3. The van der Waals surface area contributed by atoms with Crippen molar-refractivity contribution in [3.8, 4) is 5.75 Å². The monoisotopic (exact) mass is 270 g/mol. The summed E-state index contributed by atoms with van der Waals surface area (Å²) < 4.78 is 28.4. The van der Waals surface area contributed by atoms with Crippen LogP contribution in [0.3, 0.4) is 0 Å². The lowest BCUT2D eigenvalue weighted by atomic mass is 10.1. The summed E-state index contributed by atoms with van der Waals surface area (Å²) >= 11 is 0. The topological polar surface area (TPSA) is 38.5 Å². The molecule has 0 spiro atoms. The van der Waals surface area contributed by atoms with Crippen LogP contribution in [0, 0.1) is 5.92 Å². The van der Waals surface area contributed by atoms with Crippen LogP contribution in [0.25, 0.3) is 0 Å². The van der Waals surface area contributed by atoms with Gasteiger partial charge in [-0.3, -0.25) is 4.90 Å². The number of nitrogens with two attached hydrogens (primary N) is 1. The number of likely N-dealkylation sites (N-methyl/N-ethyl adjacent to an activating group) is 1. The lowest BCUT2D eigenvalue weighted by molar-refractivity contribution is -0.0498. The van der Waals surface area contributed by atoms with Crippen LogP contribution < -0.4 is 10.5 Å². The minimum absolute atomic E-state index is 0.193. The van der Waals surface area contributed by atoms with Gasteiger partial charge in [-0.15, -0.1) is 0 Å². The number of ether oxygens (including phenoxy) is 1. The molecule has 1 aromatic rings. The zero-order valence-corrected chi connectivity index (χ0v) is 11.1. The maximum atomic E-state index is 12.0. The average molecular weight is 270 g/mol. The lowest BCUT2D eigenvalue weighted by Crippen LogP contribution is -2.39.